The summed E-state index contributed by atoms with van der Waals surface area (Å²) in [5.41, 5.74) is 3.02. The van der Waals surface area contributed by atoms with Crippen LogP contribution in [-0.4, -0.2) is 30.9 Å². The van der Waals surface area contributed by atoms with Gasteiger partial charge in [0.25, 0.3) is 11.8 Å². The first-order valence-corrected chi connectivity index (χ1v) is 10.7. The molecule has 1 saturated carbocycles. The second-order valence-electron chi connectivity index (χ2n) is 7.56. The van der Waals surface area contributed by atoms with E-state index in [1.165, 1.54) is 19.3 Å². The summed E-state index contributed by atoms with van der Waals surface area (Å²) < 4.78 is 0. The minimum Gasteiger partial charge on any atom is -0.372 e. The number of carbonyl (C=O) groups excluding carboxylic acids is 2. The molecule has 0 saturated heterocycles. The molecule has 2 aromatic rings. The van der Waals surface area contributed by atoms with Crippen LogP contribution in [0.15, 0.2) is 48.5 Å². The summed E-state index contributed by atoms with van der Waals surface area (Å²) in [5, 5.41) is 6.02. The Morgan fingerprint density at radius 2 is 1.38 bits per heavy atom. The van der Waals surface area contributed by atoms with Crippen molar-refractivity contribution in [2.24, 2.45) is 0 Å². The molecule has 1 fully saturated rings. The average Bonchev–Trinajstić information content (AvgIpc) is 2.76. The van der Waals surface area contributed by atoms with Crippen LogP contribution in [0.1, 0.15) is 66.7 Å². The van der Waals surface area contributed by atoms with E-state index in [2.05, 4.69) is 29.4 Å². The number of rotatable bonds is 7. The lowest BCUT2D eigenvalue weighted by atomic mass is 9.95. The van der Waals surface area contributed by atoms with Crippen LogP contribution in [0.4, 0.5) is 11.4 Å². The first-order chi connectivity index (χ1) is 14.1. The number of carbonyl (C=O) groups is 2. The molecule has 0 bridgehead atoms. The quantitative estimate of drug-likeness (QED) is 0.707. The van der Waals surface area contributed by atoms with Crippen LogP contribution in [0.2, 0.25) is 0 Å². The van der Waals surface area contributed by atoms with E-state index in [4.69, 9.17) is 0 Å². The number of hydrogen-bond donors (Lipinski definition) is 2. The van der Waals surface area contributed by atoms with Crippen molar-refractivity contribution in [2.75, 3.05) is 23.3 Å². The summed E-state index contributed by atoms with van der Waals surface area (Å²) in [6.07, 6.45) is 5.73. The van der Waals surface area contributed by atoms with E-state index in [1.54, 1.807) is 24.3 Å². The molecule has 5 nitrogen and oxygen atoms in total. The molecule has 0 heterocycles. The summed E-state index contributed by atoms with van der Waals surface area (Å²) in [5.74, 6) is -0.240. The molecule has 1 aliphatic carbocycles. The predicted octanol–water partition coefficient (Wildman–Crippen LogP) is 4.85. The van der Waals surface area contributed by atoms with Gasteiger partial charge in [-0.05, 0) is 75.2 Å². The van der Waals surface area contributed by atoms with Crippen molar-refractivity contribution in [3.8, 4) is 0 Å². The second-order valence-corrected chi connectivity index (χ2v) is 7.56. The van der Waals surface area contributed by atoms with Crippen LogP contribution >= 0.6 is 0 Å². The Balaban J connectivity index is 1.57. The molecule has 0 atom stereocenters. The minimum atomic E-state index is -0.181. The zero-order valence-corrected chi connectivity index (χ0v) is 17.4. The molecular formula is C24H31N3O2. The van der Waals surface area contributed by atoms with Crippen LogP contribution < -0.4 is 15.5 Å². The molecule has 3 rings (SSSR count). The number of anilines is 2. The maximum absolute atomic E-state index is 12.5. The van der Waals surface area contributed by atoms with Gasteiger partial charge in [0.1, 0.15) is 0 Å². The Kier molecular flexibility index (Phi) is 7.28. The van der Waals surface area contributed by atoms with Crippen molar-refractivity contribution in [2.45, 2.75) is 52.0 Å². The van der Waals surface area contributed by atoms with Crippen LogP contribution in [0, 0.1) is 0 Å². The van der Waals surface area contributed by atoms with Gasteiger partial charge in [0.05, 0.1) is 0 Å². The van der Waals surface area contributed by atoms with Gasteiger partial charge in [-0.1, -0.05) is 19.3 Å². The summed E-state index contributed by atoms with van der Waals surface area (Å²) in [7, 11) is 0. The van der Waals surface area contributed by atoms with Crippen molar-refractivity contribution < 1.29 is 9.59 Å². The molecule has 0 unspecified atom stereocenters. The molecular weight excluding hydrogens is 362 g/mol. The fourth-order valence-electron chi connectivity index (χ4n) is 3.84. The summed E-state index contributed by atoms with van der Waals surface area (Å²) >= 11 is 0. The van der Waals surface area contributed by atoms with Crippen molar-refractivity contribution in [1.29, 1.82) is 0 Å². The molecule has 2 aromatic carbocycles. The average molecular weight is 394 g/mol. The third-order valence-corrected chi connectivity index (χ3v) is 5.60. The predicted molar refractivity (Wildman–Crippen MR) is 119 cm³/mol. The molecule has 154 valence electrons. The van der Waals surface area contributed by atoms with Crippen LogP contribution in [0.3, 0.4) is 0 Å². The van der Waals surface area contributed by atoms with Gasteiger partial charge in [-0.2, -0.15) is 0 Å². The molecule has 1 aliphatic rings. The molecule has 0 spiro atoms. The SMILES string of the molecule is CCN(CC)c1ccc(NC(=O)c2ccc(C(=O)NC3CCCCC3)cc2)cc1. The van der Waals surface area contributed by atoms with E-state index in [-0.39, 0.29) is 17.9 Å². The van der Waals surface area contributed by atoms with Crippen LogP contribution in [0.25, 0.3) is 0 Å². The highest BCUT2D eigenvalue weighted by atomic mass is 16.2. The second kappa shape index (κ2) is 10.1. The maximum atomic E-state index is 12.5. The number of nitrogens with one attached hydrogen (secondary N) is 2. The van der Waals surface area contributed by atoms with Crippen molar-refractivity contribution in [3.63, 3.8) is 0 Å². The van der Waals surface area contributed by atoms with E-state index in [1.807, 2.05) is 24.3 Å². The third kappa shape index (κ3) is 5.59. The van der Waals surface area contributed by atoms with E-state index >= 15 is 0 Å². The monoisotopic (exact) mass is 393 g/mol. The number of benzene rings is 2. The number of nitrogens with zero attached hydrogens (tertiary/aromatic N) is 1. The highest BCUT2D eigenvalue weighted by Gasteiger charge is 2.17. The molecule has 2 N–H and O–H groups in total. The molecule has 0 aliphatic heterocycles. The topological polar surface area (TPSA) is 61.4 Å². The van der Waals surface area contributed by atoms with Gasteiger partial charge >= 0.3 is 0 Å². The lowest BCUT2D eigenvalue weighted by Gasteiger charge is -2.22. The van der Waals surface area contributed by atoms with E-state index < -0.39 is 0 Å². The minimum absolute atomic E-state index is 0.0594. The molecule has 29 heavy (non-hydrogen) atoms. The van der Waals surface area contributed by atoms with E-state index in [9.17, 15) is 9.59 Å². The van der Waals surface area contributed by atoms with E-state index in [0.29, 0.717) is 11.1 Å². The highest BCUT2D eigenvalue weighted by molar-refractivity contribution is 6.05. The van der Waals surface area contributed by atoms with Gasteiger partial charge in [-0.3, -0.25) is 9.59 Å². The Morgan fingerprint density at radius 1 is 0.828 bits per heavy atom. The molecule has 0 aromatic heterocycles. The van der Waals surface area contributed by atoms with Gasteiger partial charge in [0.2, 0.25) is 0 Å². The fraction of sp³-hybridized carbons (Fsp3) is 0.417. The Bertz CT molecular complexity index is 805. The third-order valence-electron chi connectivity index (χ3n) is 5.60. The van der Waals surface area contributed by atoms with Gasteiger partial charge in [0.15, 0.2) is 0 Å². The van der Waals surface area contributed by atoms with E-state index in [0.717, 1.165) is 37.3 Å². The lowest BCUT2D eigenvalue weighted by molar-refractivity contribution is 0.0926. The van der Waals surface area contributed by atoms with Crippen LogP contribution in [0.5, 0.6) is 0 Å². The normalized spacial score (nSPS) is 14.3. The first-order valence-electron chi connectivity index (χ1n) is 10.7. The summed E-state index contributed by atoms with van der Waals surface area (Å²) in [4.78, 5) is 27.2. The van der Waals surface area contributed by atoms with Crippen molar-refractivity contribution >= 4 is 23.2 Å². The Hall–Kier alpha value is -2.82. The maximum Gasteiger partial charge on any atom is 0.255 e. The highest BCUT2D eigenvalue weighted by Crippen LogP contribution is 2.19. The summed E-state index contributed by atoms with van der Waals surface area (Å²) in [6.45, 7) is 6.14. The summed E-state index contributed by atoms with van der Waals surface area (Å²) in [6, 6.07) is 15.0. The van der Waals surface area contributed by atoms with Gasteiger partial charge in [-0.25, -0.2) is 0 Å². The standard InChI is InChI=1S/C24H31N3O2/c1-3-27(4-2)22-16-14-21(15-17-22)26-24(29)19-12-10-18(11-13-19)23(28)25-20-8-6-5-7-9-20/h10-17,20H,3-9H2,1-2H3,(H,25,28)(H,26,29). The van der Waals surface area contributed by atoms with Crippen LogP contribution in [-0.2, 0) is 0 Å². The van der Waals surface area contributed by atoms with Crippen molar-refractivity contribution in [3.05, 3.63) is 59.7 Å². The molecule has 2 amide bonds. The number of amides is 2. The van der Waals surface area contributed by atoms with Gasteiger partial charge in [0, 0.05) is 41.6 Å². The Morgan fingerprint density at radius 3 is 1.93 bits per heavy atom. The van der Waals surface area contributed by atoms with Crippen molar-refractivity contribution in [1.82, 2.24) is 5.32 Å². The largest absolute Gasteiger partial charge is 0.372 e. The molecule has 0 radical (unpaired) electrons. The first kappa shape index (κ1) is 20.9. The smallest absolute Gasteiger partial charge is 0.255 e. The Labute approximate surface area is 173 Å². The fourth-order valence-corrected chi connectivity index (χ4v) is 3.84. The van der Waals surface area contributed by atoms with Gasteiger partial charge < -0.3 is 15.5 Å². The lowest BCUT2D eigenvalue weighted by Crippen LogP contribution is -2.36. The van der Waals surface area contributed by atoms with Gasteiger partial charge in [-0.15, -0.1) is 0 Å². The number of hydrogen-bond acceptors (Lipinski definition) is 3. The zero-order chi connectivity index (χ0) is 20.6. The molecule has 5 heteroatoms. The zero-order valence-electron chi connectivity index (χ0n) is 17.4.